The van der Waals surface area contributed by atoms with E-state index < -0.39 is 0 Å². The lowest BCUT2D eigenvalue weighted by molar-refractivity contribution is 0.0942. The van der Waals surface area contributed by atoms with Crippen molar-refractivity contribution in [2.75, 3.05) is 19.6 Å². The predicted octanol–water partition coefficient (Wildman–Crippen LogP) is 0.339. The predicted molar refractivity (Wildman–Crippen MR) is 57.7 cm³/mol. The van der Waals surface area contributed by atoms with Crippen LogP contribution in [-0.2, 0) is 0 Å². The topological polar surface area (TPSA) is 54.0 Å². The van der Waals surface area contributed by atoms with Crippen LogP contribution >= 0.6 is 0 Å². The van der Waals surface area contributed by atoms with Gasteiger partial charge < -0.3 is 10.6 Å². The van der Waals surface area contributed by atoms with Gasteiger partial charge in [0, 0.05) is 37.9 Å². The van der Waals surface area contributed by atoms with Crippen LogP contribution in [0.25, 0.3) is 0 Å². The van der Waals surface area contributed by atoms with Gasteiger partial charge in [0.15, 0.2) is 0 Å². The van der Waals surface area contributed by atoms with Gasteiger partial charge in [-0.3, -0.25) is 9.78 Å². The zero-order chi connectivity index (χ0) is 10.7. The number of pyridine rings is 1. The smallest absolute Gasteiger partial charge is 0.252 e. The maximum Gasteiger partial charge on any atom is 0.252 e. The Hall–Kier alpha value is -1.42. The van der Waals surface area contributed by atoms with E-state index in [1.807, 2.05) is 13.0 Å². The molecule has 0 aromatic carbocycles. The molecule has 80 valence electrons. The van der Waals surface area contributed by atoms with Crippen molar-refractivity contribution in [1.29, 1.82) is 0 Å². The van der Waals surface area contributed by atoms with Gasteiger partial charge in [0.2, 0.25) is 0 Å². The molecule has 4 nitrogen and oxygen atoms in total. The number of aromatic nitrogens is 1. The third-order valence-corrected chi connectivity index (χ3v) is 2.55. The molecular formula is C11H15N3O. The maximum absolute atomic E-state index is 11.7. The van der Waals surface area contributed by atoms with E-state index in [2.05, 4.69) is 15.6 Å². The first-order valence-electron chi connectivity index (χ1n) is 5.16. The number of rotatable bonds is 3. The highest BCUT2D eigenvalue weighted by Gasteiger charge is 2.17. The van der Waals surface area contributed by atoms with Crippen molar-refractivity contribution >= 4 is 5.91 Å². The summed E-state index contributed by atoms with van der Waals surface area (Å²) in [5.41, 5.74) is 1.65. The number of carbonyl (C=O) groups excluding carboxylic acids is 1. The lowest BCUT2D eigenvalue weighted by Crippen LogP contribution is -2.48. The van der Waals surface area contributed by atoms with Crippen molar-refractivity contribution in [1.82, 2.24) is 15.6 Å². The molecule has 0 radical (unpaired) electrons. The molecule has 1 saturated heterocycles. The van der Waals surface area contributed by atoms with Crippen LogP contribution < -0.4 is 10.6 Å². The Morgan fingerprint density at radius 1 is 1.60 bits per heavy atom. The summed E-state index contributed by atoms with van der Waals surface area (Å²) in [5, 5.41) is 6.08. The summed E-state index contributed by atoms with van der Waals surface area (Å²) in [6, 6.07) is 1.85. The first-order valence-corrected chi connectivity index (χ1v) is 5.16. The Morgan fingerprint density at radius 2 is 2.40 bits per heavy atom. The van der Waals surface area contributed by atoms with Crippen molar-refractivity contribution in [2.45, 2.75) is 6.92 Å². The van der Waals surface area contributed by atoms with Gasteiger partial charge in [-0.25, -0.2) is 0 Å². The average Bonchev–Trinajstić information content (AvgIpc) is 2.15. The summed E-state index contributed by atoms with van der Waals surface area (Å²) in [6.45, 7) is 4.69. The van der Waals surface area contributed by atoms with E-state index in [1.165, 1.54) is 0 Å². The molecule has 2 heterocycles. The van der Waals surface area contributed by atoms with Gasteiger partial charge in [0.05, 0.1) is 5.56 Å². The molecule has 2 rings (SSSR count). The van der Waals surface area contributed by atoms with E-state index in [1.54, 1.807) is 12.4 Å². The highest BCUT2D eigenvalue weighted by Crippen LogP contribution is 2.03. The number of aryl methyl sites for hydroxylation is 1. The van der Waals surface area contributed by atoms with Gasteiger partial charge in [-0.05, 0) is 18.6 Å². The minimum atomic E-state index is -0.0295. The van der Waals surface area contributed by atoms with Crippen LogP contribution in [0.1, 0.15) is 15.9 Å². The number of carbonyl (C=O) groups is 1. The van der Waals surface area contributed by atoms with E-state index in [0.717, 1.165) is 25.2 Å². The number of hydrogen-bond acceptors (Lipinski definition) is 3. The fraction of sp³-hybridized carbons (Fsp3) is 0.455. The number of nitrogens with one attached hydrogen (secondary N) is 2. The molecule has 1 aliphatic heterocycles. The molecule has 0 atom stereocenters. The number of nitrogens with zero attached hydrogens (tertiary/aromatic N) is 1. The molecule has 0 bridgehead atoms. The summed E-state index contributed by atoms with van der Waals surface area (Å²) in [7, 11) is 0. The number of hydrogen-bond donors (Lipinski definition) is 2. The monoisotopic (exact) mass is 205 g/mol. The molecule has 0 unspecified atom stereocenters. The van der Waals surface area contributed by atoms with Gasteiger partial charge in [0.1, 0.15) is 0 Å². The highest BCUT2D eigenvalue weighted by molar-refractivity contribution is 5.93. The van der Waals surface area contributed by atoms with Crippen LogP contribution in [0.2, 0.25) is 0 Å². The van der Waals surface area contributed by atoms with Crippen molar-refractivity contribution in [2.24, 2.45) is 5.92 Å². The molecule has 1 aromatic rings. The first-order chi connectivity index (χ1) is 7.25. The van der Waals surface area contributed by atoms with Gasteiger partial charge >= 0.3 is 0 Å². The second-order valence-corrected chi connectivity index (χ2v) is 3.99. The Morgan fingerprint density at radius 3 is 3.00 bits per heavy atom. The molecule has 1 aliphatic rings. The van der Waals surface area contributed by atoms with E-state index in [0.29, 0.717) is 11.5 Å². The fourth-order valence-electron chi connectivity index (χ4n) is 1.51. The molecule has 15 heavy (non-hydrogen) atoms. The Labute approximate surface area is 89.1 Å². The van der Waals surface area contributed by atoms with E-state index in [4.69, 9.17) is 0 Å². The minimum absolute atomic E-state index is 0.0295. The molecule has 1 amide bonds. The summed E-state index contributed by atoms with van der Waals surface area (Å²) in [5.74, 6) is 0.560. The van der Waals surface area contributed by atoms with Crippen LogP contribution in [0, 0.1) is 12.8 Å². The molecule has 0 saturated carbocycles. The van der Waals surface area contributed by atoms with Crippen LogP contribution in [0.3, 0.4) is 0 Å². The average molecular weight is 205 g/mol. The third-order valence-electron chi connectivity index (χ3n) is 2.55. The molecular weight excluding hydrogens is 190 g/mol. The summed E-state index contributed by atoms with van der Waals surface area (Å²) < 4.78 is 0. The molecule has 0 aliphatic carbocycles. The maximum atomic E-state index is 11.7. The second-order valence-electron chi connectivity index (χ2n) is 3.99. The molecule has 1 fully saturated rings. The minimum Gasteiger partial charge on any atom is -0.352 e. The Bertz CT molecular complexity index is 361. The fourth-order valence-corrected chi connectivity index (χ4v) is 1.51. The summed E-state index contributed by atoms with van der Waals surface area (Å²) in [4.78, 5) is 15.7. The van der Waals surface area contributed by atoms with Gasteiger partial charge in [0.25, 0.3) is 5.91 Å². The van der Waals surface area contributed by atoms with Crippen molar-refractivity contribution in [3.63, 3.8) is 0 Å². The van der Waals surface area contributed by atoms with Gasteiger partial charge in [-0.2, -0.15) is 0 Å². The van der Waals surface area contributed by atoms with E-state index >= 15 is 0 Å². The van der Waals surface area contributed by atoms with E-state index in [9.17, 15) is 4.79 Å². The Balaban J connectivity index is 1.89. The number of amides is 1. The van der Waals surface area contributed by atoms with Gasteiger partial charge in [-0.15, -0.1) is 0 Å². The Kier molecular flexibility index (Phi) is 2.97. The summed E-state index contributed by atoms with van der Waals surface area (Å²) in [6.07, 6.45) is 3.34. The van der Waals surface area contributed by atoms with Crippen molar-refractivity contribution in [3.8, 4) is 0 Å². The molecule has 1 aromatic heterocycles. The van der Waals surface area contributed by atoms with Crippen LogP contribution in [0.4, 0.5) is 0 Å². The van der Waals surface area contributed by atoms with Crippen molar-refractivity contribution < 1.29 is 4.79 Å². The van der Waals surface area contributed by atoms with Crippen LogP contribution in [0.15, 0.2) is 18.5 Å². The van der Waals surface area contributed by atoms with Crippen LogP contribution in [-0.4, -0.2) is 30.5 Å². The van der Waals surface area contributed by atoms with Crippen molar-refractivity contribution in [3.05, 3.63) is 29.6 Å². The molecule has 0 spiro atoms. The van der Waals surface area contributed by atoms with Gasteiger partial charge in [-0.1, -0.05) is 0 Å². The zero-order valence-electron chi connectivity index (χ0n) is 8.79. The lowest BCUT2D eigenvalue weighted by atomic mass is 10.0. The quantitative estimate of drug-likeness (QED) is 0.748. The SMILES string of the molecule is Cc1cncc(C(=O)NCC2CNC2)c1. The largest absolute Gasteiger partial charge is 0.352 e. The normalized spacial score (nSPS) is 15.8. The van der Waals surface area contributed by atoms with E-state index in [-0.39, 0.29) is 5.91 Å². The molecule has 4 heteroatoms. The van der Waals surface area contributed by atoms with Crippen LogP contribution in [0.5, 0.6) is 0 Å². The second kappa shape index (κ2) is 4.40. The standard InChI is InChI=1S/C11H15N3O/c1-8-2-10(7-12-3-8)11(15)14-6-9-4-13-5-9/h2-3,7,9,13H,4-6H2,1H3,(H,14,15). The third kappa shape index (κ3) is 2.53. The summed E-state index contributed by atoms with van der Waals surface area (Å²) >= 11 is 0. The highest BCUT2D eigenvalue weighted by atomic mass is 16.1. The zero-order valence-corrected chi connectivity index (χ0v) is 8.79. The first kappa shape index (κ1) is 10.1. The molecule has 2 N–H and O–H groups in total. The lowest BCUT2D eigenvalue weighted by Gasteiger charge is -2.27.